The van der Waals surface area contributed by atoms with Crippen LogP contribution in [0.1, 0.15) is 61.0 Å². The summed E-state index contributed by atoms with van der Waals surface area (Å²) < 4.78 is 92.3. The summed E-state index contributed by atoms with van der Waals surface area (Å²) in [6.07, 6.45) is 1.13. The summed E-state index contributed by atoms with van der Waals surface area (Å²) in [4.78, 5) is 67.3. The van der Waals surface area contributed by atoms with Crippen molar-refractivity contribution in [3.8, 4) is 11.7 Å². The van der Waals surface area contributed by atoms with E-state index in [4.69, 9.17) is 18.9 Å². The molecule has 6 aromatic rings. The van der Waals surface area contributed by atoms with E-state index in [0.29, 0.717) is 118 Å². The van der Waals surface area contributed by atoms with Crippen LogP contribution in [0.5, 0.6) is 5.75 Å². The largest absolute Gasteiger partial charge is 0.422 e. The molecule has 2 fully saturated rings. The van der Waals surface area contributed by atoms with Crippen LogP contribution in [0, 0.1) is 12.7 Å². The molecule has 2 aromatic carbocycles. The topological polar surface area (TPSA) is 223 Å². The number of benzene rings is 2. The Morgan fingerprint density at radius 1 is 0.884 bits per heavy atom. The molecule has 0 unspecified atom stereocenters. The Morgan fingerprint density at radius 2 is 1.58 bits per heavy atom. The predicted octanol–water partition coefficient (Wildman–Crippen LogP) is 5.13. The maximum absolute atomic E-state index is 15.7. The summed E-state index contributed by atoms with van der Waals surface area (Å²) in [5.74, 6) is -0.573. The van der Waals surface area contributed by atoms with E-state index >= 15 is 4.39 Å². The van der Waals surface area contributed by atoms with Gasteiger partial charge in [0.25, 0.3) is 16.6 Å². The number of aryl methyl sites for hydroxylation is 1. The smallest absolute Gasteiger partial charge is 0.414 e. The molecule has 366 valence electrons. The Kier molecular flexibility index (Phi) is 14.9. The Balaban J connectivity index is 0.797. The summed E-state index contributed by atoms with van der Waals surface area (Å²) in [6, 6.07) is 11.4. The molecular formula is C45H51F3N12O8S. The third-order valence-corrected chi connectivity index (χ3v) is 12.9. The van der Waals surface area contributed by atoms with Crippen molar-refractivity contribution in [2.24, 2.45) is 0 Å². The number of imidazole rings is 1. The number of morpholine rings is 1. The highest BCUT2D eigenvalue weighted by atomic mass is 32.2. The summed E-state index contributed by atoms with van der Waals surface area (Å²) in [7, 11) is -1.16. The number of alkyl halides is 2. The maximum atomic E-state index is 15.7. The molecule has 2 aliphatic rings. The van der Waals surface area contributed by atoms with Crippen LogP contribution in [-0.2, 0) is 26.2 Å². The lowest BCUT2D eigenvalue weighted by Crippen LogP contribution is -2.49. The lowest BCUT2D eigenvalue weighted by atomic mass is 10.00. The van der Waals surface area contributed by atoms with Crippen LogP contribution >= 0.6 is 0 Å². The molecule has 69 heavy (non-hydrogen) atoms. The first-order valence-electron chi connectivity index (χ1n) is 22.4. The van der Waals surface area contributed by atoms with E-state index in [1.54, 1.807) is 48.2 Å². The number of pyridine rings is 1. The zero-order valence-electron chi connectivity index (χ0n) is 38.2. The Morgan fingerprint density at radius 3 is 2.30 bits per heavy atom. The molecule has 2 saturated heterocycles. The second-order valence-electron chi connectivity index (χ2n) is 16.7. The van der Waals surface area contributed by atoms with Crippen molar-refractivity contribution in [2.75, 3.05) is 87.6 Å². The number of ether oxygens (including phenoxy) is 2. The molecule has 0 atom stereocenters. The first kappa shape index (κ1) is 48.5. The molecule has 0 aliphatic carbocycles. The number of amides is 2. The van der Waals surface area contributed by atoms with Gasteiger partial charge in [-0.1, -0.05) is 25.0 Å². The number of fused-ring (bicyclic) bond motifs is 2. The molecule has 6 heterocycles. The molecule has 20 nitrogen and oxygen atoms in total. The molecular weight excluding hydrogens is 926 g/mol. The average Bonchev–Trinajstić information content (AvgIpc) is 3.74. The zero-order valence-corrected chi connectivity index (χ0v) is 39.0. The van der Waals surface area contributed by atoms with E-state index in [0.717, 1.165) is 6.20 Å². The number of nitrogens with one attached hydrogen (secondary N) is 2. The Labute approximate surface area is 394 Å². The third-order valence-electron chi connectivity index (χ3n) is 11.8. The highest BCUT2D eigenvalue weighted by Gasteiger charge is 2.28. The second kappa shape index (κ2) is 21.2. The molecule has 0 bridgehead atoms. The number of anilines is 3. The predicted molar refractivity (Wildman–Crippen MR) is 249 cm³/mol. The fraction of sp³-hybridized carbons (Fsp3) is 0.422. The van der Waals surface area contributed by atoms with Crippen molar-refractivity contribution in [1.82, 2.24) is 44.0 Å². The molecule has 2 aliphatic heterocycles. The van der Waals surface area contributed by atoms with Gasteiger partial charge in [-0.25, -0.2) is 27.7 Å². The number of halogens is 3. The standard InChI is InChI=1S/C45H51F3N12O8S/c1-28-31-14-13-30(67-45(63)56(2)3)25-36(31)68-41(62)32(28)24-29-26-49-27-34(38(29)46)55-69(64,65)50-15-9-5-4-6-12-37(61)57-16-18-58(19-17-57)42-52-43(59-20-22-66-23-21-59)54-44(53-42)60-35-11-8-7-10-33(35)51-40(60)39(47)48/h7-8,10-11,13-14,25-27,39,50,55H,4-6,9,12,15-24H2,1-3H3. The fourth-order valence-electron chi connectivity index (χ4n) is 8.05. The zero-order chi connectivity index (χ0) is 48.8. The minimum Gasteiger partial charge on any atom is -0.422 e. The number of nitrogens with zero attached hydrogens (tertiary/aromatic N) is 10. The number of carbonyl (C=O) groups is 2. The van der Waals surface area contributed by atoms with Gasteiger partial charge in [0.2, 0.25) is 23.8 Å². The van der Waals surface area contributed by atoms with E-state index in [9.17, 15) is 31.6 Å². The quantitative estimate of drug-likeness (QED) is 0.0893. The number of unbranched alkanes of at least 4 members (excludes halogenated alkanes) is 3. The summed E-state index contributed by atoms with van der Waals surface area (Å²) in [5, 5.41) is 0.537. The number of carbonyl (C=O) groups excluding carboxylic acids is 2. The molecule has 0 saturated carbocycles. The number of hydrogen-bond acceptors (Lipinski definition) is 15. The number of aromatic nitrogens is 6. The average molecular weight is 977 g/mol. The Hall–Kier alpha value is -6.92. The van der Waals surface area contributed by atoms with Gasteiger partial charge in [0.05, 0.1) is 30.4 Å². The molecule has 4 aromatic heterocycles. The first-order valence-corrected chi connectivity index (χ1v) is 23.9. The molecule has 2 amide bonds. The van der Waals surface area contributed by atoms with Crippen molar-refractivity contribution in [3.05, 3.63) is 93.6 Å². The van der Waals surface area contributed by atoms with Crippen molar-refractivity contribution < 1.29 is 45.1 Å². The lowest BCUT2D eigenvalue weighted by Gasteiger charge is -2.35. The van der Waals surface area contributed by atoms with Gasteiger partial charge in [-0.05, 0) is 49.6 Å². The normalized spacial score (nSPS) is 14.5. The minimum atomic E-state index is -4.21. The number of piperazine rings is 1. The maximum Gasteiger partial charge on any atom is 0.414 e. The first-order chi connectivity index (χ1) is 33.2. The van der Waals surface area contributed by atoms with Crippen LogP contribution in [0.25, 0.3) is 28.0 Å². The lowest BCUT2D eigenvalue weighted by molar-refractivity contribution is -0.131. The van der Waals surface area contributed by atoms with E-state index in [1.807, 2.05) is 9.80 Å². The van der Waals surface area contributed by atoms with Gasteiger partial charge in [0.1, 0.15) is 17.0 Å². The minimum absolute atomic E-state index is 0.0236. The number of hydrogen-bond donors (Lipinski definition) is 2. The van der Waals surface area contributed by atoms with Gasteiger partial charge >= 0.3 is 11.7 Å². The third kappa shape index (κ3) is 11.3. The van der Waals surface area contributed by atoms with E-state index in [1.165, 1.54) is 35.8 Å². The summed E-state index contributed by atoms with van der Waals surface area (Å²) in [5.41, 5.74) is 0.451. The molecule has 24 heteroatoms. The van der Waals surface area contributed by atoms with Gasteiger partial charge < -0.3 is 33.5 Å². The van der Waals surface area contributed by atoms with Crippen LogP contribution in [0.2, 0.25) is 0 Å². The Bertz CT molecular complexity index is 3010. The van der Waals surface area contributed by atoms with Gasteiger partial charge in [-0.2, -0.15) is 28.1 Å². The number of rotatable bonds is 17. The second-order valence-corrected chi connectivity index (χ2v) is 18.2. The van der Waals surface area contributed by atoms with Crippen LogP contribution < -0.4 is 29.6 Å². The van der Waals surface area contributed by atoms with Crippen molar-refractivity contribution in [1.29, 1.82) is 0 Å². The highest BCUT2D eigenvalue weighted by molar-refractivity contribution is 7.90. The van der Waals surface area contributed by atoms with E-state index in [2.05, 4.69) is 29.4 Å². The summed E-state index contributed by atoms with van der Waals surface area (Å²) in [6.45, 7) is 5.29. The van der Waals surface area contributed by atoms with E-state index in [-0.39, 0.29) is 47.3 Å². The van der Waals surface area contributed by atoms with Crippen LogP contribution in [0.15, 0.2) is 64.1 Å². The SMILES string of the molecule is Cc1c(Cc2cncc(NS(=O)(=O)NCCCCCCC(=O)N3CCN(c4nc(N5CCOCC5)nc(-n5c(C(F)F)nc6ccccc65)n4)CC3)c2F)c(=O)oc2cc(OC(=O)N(C)C)ccc12. The van der Waals surface area contributed by atoms with Gasteiger partial charge in [-0.3, -0.25) is 19.1 Å². The van der Waals surface area contributed by atoms with Crippen LogP contribution in [0.3, 0.4) is 0 Å². The van der Waals surface area contributed by atoms with Crippen LogP contribution in [-0.4, -0.2) is 133 Å². The molecule has 0 spiro atoms. The highest BCUT2D eigenvalue weighted by Crippen LogP contribution is 2.30. The van der Waals surface area contributed by atoms with Gasteiger partial charge in [0.15, 0.2) is 11.6 Å². The van der Waals surface area contributed by atoms with Crippen molar-refractivity contribution >= 4 is 61.8 Å². The van der Waals surface area contributed by atoms with Crippen molar-refractivity contribution in [3.63, 3.8) is 0 Å². The van der Waals surface area contributed by atoms with Gasteiger partial charge in [0, 0.05) is 102 Å². The molecule has 8 rings (SSSR count). The van der Waals surface area contributed by atoms with E-state index < -0.39 is 45.7 Å². The van der Waals surface area contributed by atoms with Crippen molar-refractivity contribution in [2.45, 2.75) is 51.9 Å². The summed E-state index contributed by atoms with van der Waals surface area (Å²) >= 11 is 0. The molecule has 2 N–H and O–H groups in total. The fourth-order valence-corrected chi connectivity index (χ4v) is 8.97. The molecule has 0 radical (unpaired) electrons. The van der Waals surface area contributed by atoms with Gasteiger partial charge in [-0.15, -0.1) is 0 Å². The van der Waals surface area contributed by atoms with Crippen LogP contribution in [0.4, 0.5) is 35.5 Å². The number of para-hydroxylation sites is 2. The monoisotopic (exact) mass is 976 g/mol.